The number of nitrogens with one attached hydrogen (secondary N) is 2. The molecule has 1 heterocycles. The molecule has 0 saturated heterocycles. The molecule has 0 aliphatic heterocycles. The summed E-state index contributed by atoms with van der Waals surface area (Å²) in [7, 11) is 1.63. The van der Waals surface area contributed by atoms with E-state index in [1.165, 1.54) is 6.20 Å². The van der Waals surface area contributed by atoms with Crippen LogP contribution >= 0.6 is 11.6 Å². The normalized spacial score (nSPS) is 10.2. The number of hydrogen-bond donors (Lipinski definition) is 2. The molecule has 0 saturated carbocycles. The Morgan fingerprint density at radius 3 is 2.90 bits per heavy atom. The molecule has 6 heteroatoms. The molecule has 0 radical (unpaired) electrons. The quantitative estimate of drug-likeness (QED) is 0.805. The number of ether oxygens (including phenoxy) is 1. The average molecular weight is 306 g/mol. The molecule has 0 aliphatic rings. The minimum absolute atomic E-state index is 0.236. The molecule has 0 bridgehead atoms. The number of pyridine rings is 1. The highest BCUT2D eigenvalue weighted by atomic mass is 35.5. The number of carbonyl (C=O) groups excluding carboxylic acids is 1. The van der Waals surface area contributed by atoms with Crippen LogP contribution in [0.15, 0.2) is 42.7 Å². The van der Waals surface area contributed by atoms with Crippen LogP contribution in [0.2, 0.25) is 5.02 Å². The van der Waals surface area contributed by atoms with E-state index in [0.717, 1.165) is 5.69 Å². The highest BCUT2D eigenvalue weighted by Crippen LogP contribution is 2.16. The summed E-state index contributed by atoms with van der Waals surface area (Å²) in [6, 6.07) is 8.73. The smallest absolute Gasteiger partial charge is 0.257 e. The van der Waals surface area contributed by atoms with E-state index < -0.39 is 0 Å². The van der Waals surface area contributed by atoms with Crippen molar-refractivity contribution in [2.45, 2.75) is 0 Å². The first-order valence-corrected chi connectivity index (χ1v) is 6.81. The number of aromatic nitrogens is 1. The zero-order chi connectivity index (χ0) is 15.1. The van der Waals surface area contributed by atoms with E-state index >= 15 is 0 Å². The second-order valence-corrected chi connectivity index (χ2v) is 4.78. The third-order valence-electron chi connectivity index (χ3n) is 2.72. The van der Waals surface area contributed by atoms with Gasteiger partial charge in [0.1, 0.15) is 0 Å². The first kappa shape index (κ1) is 15.3. The predicted octanol–water partition coefficient (Wildman–Crippen LogP) is 3.05. The Hall–Kier alpha value is -2.11. The zero-order valence-electron chi connectivity index (χ0n) is 11.6. The summed E-state index contributed by atoms with van der Waals surface area (Å²) >= 11 is 5.88. The van der Waals surface area contributed by atoms with E-state index in [1.54, 1.807) is 43.6 Å². The van der Waals surface area contributed by atoms with Crippen LogP contribution in [0.1, 0.15) is 10.4 Å². The van der Waals surface area contributed by atoms with Crippen molar-refractivity contribution in [1.82, 2.24) is 4.98 Å². The van der Waals surface area contributed by atoms with E-state index in [0.29, 0.717) is 29.4 Å². The fraction of sp³-hybridized carbons (Fsp3) is 0.200. The summed E-state index contributed by atoms with van der Waals surface area (Å²) in [5.74, 6) is -0.236. The van der Waals surface area contributed by atoms with E-state index in [-0.39, 0.29) is 5.91 Å². The summed E-state index contributed by atoms with van der Waals surface area (Å²) < 4.78 is 4.96. The molecule has 2 aromatic rings. The number of amides is 1. The second-order valence-electron chi connectivity index (χ2n) is 4.35. The van der Waals surface area contributed by atoms with Crippen molar-refractivity contribution >= 4 is 28.9 Å². The zero-order valence-corrected chi connectivity index (χ0v) is 12.4. The maximum atomic E-state index is 12.2. The third kappa shape index (κ3) is 4.73. The van der Waals surface area contributed by atoms with Crippen LogP contribution < -0.4 is 10.6 Å². The number of benzene rings is 1. The summed E-state index contributed by atoms with van der Waals surface area (Å²) in [5, 5.41) is 6.47. The van der Waals surface area contributed by atoms with Gasteiger partial charge in [0, 0.05) is 36.8 Å². The van der Waals surface area contributed by atoms with Gasteiger partial charge >= 0.3 is 0 Å². The Morgan fingerprint density at radius 2 is 2.14 bits per heavy atom. The van der Waals surface area contributed by atoms with E-state index in [9.17, 15) is 4.79 Å². The van der Waals surface area contributed by atoms with Crippen molar-refractivity contribution < 1.29 is 9.53 Å². The molecular formula is C15H16ClN3O2. The van der Waals surface area contributed by atoms with E-state index in [2.05, 4.69) is 15.6 Å². The highest BCUT2D eigenvalue weighted by molar-refractivity contribution is 6.30. The van der Waals surface area contributed by atoms with Gasteiger partial charge in [-0.3, -0.25) is 9.78 Å². The molecule has 0 spiro atoms. The maximum Gasteiger partial charge on any atom is 0.257 e. The van der Waals surface area contributed by atoms with E-state index in [1.807, 2.05) is 0 Å². The molecule has 1 amide bonds. The Morgan fingerprint density at radius 1 is 1.29 bits per heavy atom. The van der Waals surface area contributed by atoms with Crippen molar-refractivity contribution in [2.24, 2.45) is 0 Å². The molecule has 0 unspecified atom stereocenters. The number of anilines is 2. The number of hydrogen-bond acceptors (Lipinski definition) is 4. The predicted molar refractivity (Wildman–Crippen MR) is 84.0 cm³/mol. The molecule has 5 nitrogen and oxygen atoms in total. The topological polar surface area (TPSA) is 63.2 Å². The van der Waals surface area contributed by atoms with Gasteiger partial charge in [0.15, 0.2) is 0 Å². The maximum absolute atomic E-state index is 12.2. The Kier molecular flexibility index (Phi) is 5.54. The van der Waals surface area contributed by atoms with Gasteiger partial charge in [0.2, 0.25) is 0 Å². The van der Waals surface area contributed by atoms with Crippen molar-refractivity contribution in [3.63, 3.8) is 0 Å². The van der Waals surface area contributed by atoms with Gasteiger partial charge in [-0.1, -0.05) is 17.7 Å². The number of nitrogens with zero attached hydrogens (tertiary/aromatic N) is 1. The highest BCUT2D eigenvalue weighted by Gasteiger charge is 2.07. The fourth-order valence-electron chi connectivity index (χ4n) is 1.73. The lowest BCUT2D eigenvalue weighted by Gasteiger charge is -2.08. The van der Waals surface area contributed by atoms with Gasteiger partial charge in [-0.05, 0) is 24.3 Å². The van der Waals surface area contributed by atoms with Gasteiger partial charge in [0.05, 0.1) is 17.9 Å². The minimum Gasteiger partial charge on any atom is -0.383 e. The molecule has 0 fully saturated rings. The van der Waals surface area contributed by atoms with Crippen LogP contribution in [0.3, 0.4) is 0 Å². The standard InChI is InChI=1S/C15H16ClN3O2/c1-21-6-5-18-14-7-11(9-17-10-14)15(20)19-13-4-2-3-12(16)8-13/h2-4,7-10,18H,5-6H2,1H3,(H,19,20). The molecule has 21 heavy (non-hydrogen) atoms. The van der Waals surface area contributed by atoms with Crippen molar-refractivity contribution in [3.05, 3.63) is 53.3 Å². The summed E-state index contributed by atoms with van der Waals surface area (Å²) in [5.41, 5.74) is 1.88. The molecule has 0 atom stereocenters. The lowest BCUT2D eigenvalue weighted by atomic mass is 10.2. The SMILES string of the molecule is COCCNc1cncc(C(=O)Nc2cccc(Cl)c2)c1. The van der Waals surface area contributed by atoms with Crippen LogP contribution in [0.4, 0.5) is 11.4 Å². The molecule has 110 valence electrons. The van der Waals surface area contributed by atoms with Crippen LogP contribution in [-0.4, -0.2) is 31.2 Å². The van der Waals surface area contributed by atoms with Crippen LogP contribution in [-0.2, 0) is 4.74 Å². The Labute approximate surface area is 128 Å². The summed E-state index contributed by atoms with van der Waals surface area (Å²) in [4.78, 5) is 16.2. The lowest BCUT2D eigenvalue weighted by molar-refractivity contribution is 0.102. The van der Waals surface area contributed by atoms with Crippen molar-refractivity contribution in [2.75, 3.05) is 30.9 Å². The first-order chi connectivity index (χ1) is 10.2. The second kappa shape index (κ2) is 7.61. The fourth-order valence-corrected chi connectivity index (χ4v) is 1.92. The molecule has 1 aromatic heterocycles. The monoisotopic (exact) mass is 305 g/mol. The number of carbonyl (C=O) groups is 1. The van der Waals surface area contributed by atoms with Gasteiger partial charge in [-0.15, -0.1) is 0 Å². The number of methoxy groups -OCH3 is 1. The van der Waals surface area contributed by atoms with Crippen LogP contribution in [0, 0.1) is 0 Å². The average Bonchev–Trinajstić information content (AvgIpc) is 2.48. The Bertz CT molecular complexity index is 619. The lowest BCUT2D eigenvalue weighted by Crippen LogP contribution is -2.13. The Balaban J connectivity index is 2.03. The molecule has 1 aromatic carbocycles. The minimum atomic E-state index is -0.236. The number of rotatable bonds is 6. The van der Waals surface area contributed by atoms with Gasteiger partial charge in [-0.25, -0.2) is 0 Å². The van der Waals surface area contributed by atoms with Crippen LogP contribution in [0.25, 0.3) is 0 Å². The van der Waals surface area contributed by atoms with Crippen molar-refractivity contribution in [1.29, 1.82) is 0 Å². The summed E-state index contributed by atoms with van der Waals surface area (Å²) in [6.45, 7) is 1.23. The largest absolute Gasteiger partial charge is 0.383 e. The molecular weight excluding hydrogens is 290 g/mol. The molecule has 0 aliphatic carbocycles. The first-order valence-electron chi connectivity index (χ1n) is 6.44. The third-order valence-corrected chi connectivity index (χ3v) is 2.95. The van der Waals surface area contributed by atoms with Gasteiger partial charge < -0.3 is 15.4 Å². The number of halogens is 1. The van der Waals surface area contributed by atoms with Gasteiger partial charge in [-0.2, -0.15) is 0 Å². The summed E-state index contributed by atoms with van der Waals surface area (Å²) in [6.07, 6.45) is 3.17. The molecule has 2 rings (SSSR count). The molecule has 2 N–H and O–H groups in total. The van der Waals surface area contributed by atoms with Crippen LogP contribution in [0.5, 0.6) is 0 Å². The van der Waals surface area contributed by atoms with Gasteiger partial charge in [0.25, 0.3) is 5.91 Å². The van der Waals surface area contributed by atoms with E-state index in [4.69, 9.17) is 16.3 Å². The van der Waals surface area contributed by atoms with Crippen molar-refractivity contribution in [3.8, 4) is 0 Å².